The highest BCUT2D eigenvalue weighted by Gasteiger charge is 2.17. The summed E-state index contributed by atoms with van der Waals surface area (Å²) in [5.74, 6) is -0.405. The Labute approximate surface area is 141 Å². The van der Waals surface area contributed by atoms with Crippen LogP contribution in [-0.2, 0) is 4.74 Å². The number of nitrogens with zero attached hydrogens (tertiary/aromatic N) is 2. The Morgan fingerprint density at radius 3 is 2.46 bits per heavy atom. The Kier molecular flexibility index (Phi) is 4.47. The average molecular weight is 320 g/mol. The molecule has 4 nitrogen and oxygen atoms in total. The fourth-order valence-electron chi connectivity index (χ4n) is 2.55. The van der Waals surface area contributed by atoms with Crippen molar-refractivity contribution >= 4 is 5.97 Å². The van der Waals surface area contributed by atoms with Crippen molar-refractivity contribution in [2.45, 2.75) is 20.8 Å². The van der Waals surface area contributed by atoms with Crippen molar-refractivity contribution in [1.29, 1.82) is 0 Å². The molecule has 0 unspecified atom stereocenters. The monoisotopic (exact) mass is 320 g/mol. The molecule has 3 rings (SSSR count). The van der Waals surface area contributed by atoms with E-state index >= 15 is 0 Å². The minimum absolute atomic E-state index is 0.314. The van der Waals surface area contributed by atoms with Crippen molar-refractivity contribution < 1.29 is 9.53 Å². The highest BCUT2D eigenvalue weighted by Crippen LogP contribution is 2.25. The average Bonchev–Trinajstić information content (AvgIpc) is 3.04. The summed E-state index contributed by atoms with van der Waals surface area (Å²) in [6, 6.07) is 17.8. The van der Waals surface area contributed by atoms with Crippen molar-refractivity contribution in [3.8, 4) is 16.9 Å². The van der Waals surface area contributed by atoms with E-state index in [1.54, 1.807) is 17.7 Å². The fraction of sp³-hybridized carbons (Fsp3) is 0.200. The summed E-state index contributed by atoms with van der Waals surface area (Å²) in [4.78, 5) is 12.1. The number of rotatable bonds is 4. The zero-order valence-corrected chi connectivity index (χ0v) is 14.1. The molecule has 0 N–H and O–H groups in total. The molecule has 0 bridgehead atoms. The molecule has 2 aromatic carbocycles. The van der Waals surface area contributed by atoms with Crippen LogP contribution in [0.5, 0.6) is 0 Å². The van der Waals surface area contributed by atoms with E-state index in [-0.39, 0.29) is 0 Å². The number of carbonyl (C=O) groups is 1. The van der Waals surface area contributed by atoms with E-state index < -0.39 is 5.97 Å². The van der Waals surface area contributed by atoms with Gasteiger partial charge in [-0.05, 0) is 50.1 Å². The Hall–Kier alpha value is -2.88. The molecule has 24 heavy (non-hydrogen) atoms. The van der Waals surface area contributed by atoms with Gasteiger partial charge in [-0.2, -0.15) is 5.10 Å². The van der Waals surface area contributed by atoms with Crippen LogP contribution in [0.15, 0.2) is 54.6 Å². The maximum atomic E-state index is 12.1. The van der Waals surface area contributed by atoms with E-state index in [9.17, 15) is 4.79 Å². The molecule has 0 radical (unpaired) electrons. The first kappa shape index (κ1) is 16.0. The molecule has 0 saturated carbocycles. The minimum atomic E-state index is -0.405. The lowest BCUT2D eigenvalue weighted by Gasteiger charge is -2.09. The van der Waals surface area contributed by atoms with E-state index in [2.05, 4.69) is 31.1 Å². The largest absolute Gasteiger partial charge is 0.461 e. The van der Waals surface area contributed by atoms with Crippen LogP contribution < -0.4 is 0 Å². The van der Waals surface area contributed by atoms with Crippen LogP contribution in [0.4, 0.5) is 0 Å². The molecule has 0 spiro atoms. The molecule has 0 amide bonds. The number of esters is 1. The maximum Gasteiger partial charge on any atom is 0.358 e. The zero-order valence-electron chi connectivity index (χ0n) is 14.1. The number of aromatic nitrogens is 2. The smallest absolute Gasteiger partial charge is 0.358 e. The van der Waals surface area contributed by atoms with Crippen LogP contribution in [0.25, 0.3) is 16.9 Å². The van der Waals surface area contributed by atoms with Gasteiger partial charge < -0.3 is 4.74 Å². The van der Waals surface area contributed by atoms with Crippen molar-refractivity contribution in [3.05, 3.63) is 71.4 Å². The highest BCUT2D eigenvalue weighted by atomic mass is 16.5. The van der Waals surface area contributed by atoms with Crippen LogP contribution in [0.2, 0.25) is 0 Å². The number of benzene rings is 2. The van der Waals surface area contributed by atoms with Gasteiger partial charge in [0.25, 0.3) is 0 Å². The zero-order chi connectivity index (χ0) is 17.1. The summed E-state index contributed by atoms with van der Waals surface area (Å²) in [5.41, 5.74) is 5.50. The number of aryl methyl sites for hydroxylation is 2. The summed E-state index contributed by atoms with van der Waals surface area (Å²) >= 11 is 0. The molecule has 0 aliphatic carbocycles. The molecule has 0 atom stereocenters. The molecule has 0 saturated heterocycles. The van der Waals surface area contributed by atoms with E-state index in [0.29, 0.717) is 12.3 Å². The van der Waals surface area contributed by atoms with Gasteiger partial charge in [0, 0.05) is 5.56 Å². The first-order valence-corrected chi connectivity index (χ1v) is 8.00. The summed E-state index contributed by atoms with van der Waals surface area (Å²) in [5, 5.41) is 4.49. The van der Waals surface area contributed by atoms with E-state index in [4.69, 9.17) is 4.74 Å². The number of hydrogen-bond acceptors (Lipinski definition) is 3. The van der Waals surface area contributed by atoms with Crippen molar-refractivity contribution in [2.75, 3.05) is 6.61 Å². The third-order valence-corrected chi connectivity index (χ3v) is 4.00. The molecule has 3 aromatic rings. The maximum absolute atomic E-state index is 12.1. The van der Waals surface area contributed by atoms with Gasteiger partial charge in [0.2, 0.25) is 0 Å². The second-order valence-corrected chi connectivity index (χ2v) is 5.68. The van der Waals surface area contributed by atoms with E-state index in [0.717, 1.165) is 16.9 Å². The Bertz CT molecular complexity index is 867. The van der Waals surface area contributed by atoms with Gasteiger partial charge in [-0.15, -0.1) is 0 Å². The SMILES string of the molecule is CCOC(=O)c1cc(-c2ccccc2)n(-c2ccc(C)c(C)c2)n1. The number of carbonyl (C=O) groups excluding carboxylic acids is 1. The van der Waals surface area contributed by atoms with Gasteiger partial charge >= 0.3 is 5.97 Å². The molecule has 0 aliphatic heterocycles. The molecule has 0 aliphatic rings. The van der Waals surface area contributed by atoms with Crippen LogP contribution >= 0.6 is 0 Å². The van der Waals surface area contributed by atoms with Crippen molar-refractivity contribution in [2.24, 2.45) is 0 Å². The number of ether oxygens (including phenoxy) is 1. The van der Waals surface area contributed by atoms with Gasteiger partial charge in [-0.3, -0.25) is 0 Å². The topological polar surface area (TPSA) is 44.1 Å². The van der Waals surface area contributed by atoms with E-state index in [1.165, 1.54) is 11.1 Å². The highest BCUT2D eigenvalue weighted by molar-refractivity contribution is 5.89. The second-order valence-electron chi connectivity index (χ2n) is 5.68. The summed E-state index contributed by atoms with van der Waals surface area (Å²) in [6.07, 6.45) is 0. The molecule has 122 valence electrons. The lowest BCUT2D eigenvalue weighted by molar-refractivity contribution is 0.0519. The first-order chi connectivity index (χ1) is 11.6. The summed E-state index contributed by atoms with van der Waals surface area (Å²) < 4.78 is 6.90. The fourth-order valence-corrected chi connectivity index (χ4v) is 2.55. The Balaban J connectivity index is 2.15. The summed E-state index contributed by atoms with van der Waals surface area (Å²) in [6.45, 7) is 6.26. The number of hydrogen-bond donors (Lipinski definition) is 0. The second kappa shape index (κ2) is 6.71. The minimum Gasteiger partial charge on any atom is -0.461 e. The normalized spacial score (nSPS) is 10.6. The lowest BCUT2D eigenvalue weighted by Crippen LogP contribution is -2.07. The molecule has 4 heteroatoms. The lowest BCUT2D eigenvalue weighted by atomic mass is 10.1. The molecule has 1 heterocycles. The van der Waals surface area contributed by atoms with Gasteiger partial charge in [0.15, 0.2) is 5.69 Å². The third kappa shape index (κ3) is 3.08. The van der Waals surface area contributed by atoms with Crippen LogP contribution in [0.3, 0.4) is 0 Å². The van der Waals surface area contributed by atoms with Crippen molar-refractivity contribution in [3.63, 3.8) is 0 Å². The Morgan fingerprint density at radius 2 is 1.79 bits per heavy atom. The molecular formula is C20H20N2O2. The van der Waals surface area contributed by atoms with Gasteiger partial charge in [0.05, 0.1) is 18.0 Å². The molecule has 1 aromatic heterocycles. The predicted octanol–water partition coefficient (Wildman–Crippen LogP) is 4.33. The quantitative estimate of drug-likeness (QED) is 0.672. The first-order valence-electron chi connectivity index (χ1n) is 8.00. The standard InChI is InChI=1S/C20H20N2O2/c1-4-24-20(23)18-13-19(16-8-6-5-7-9-16)22(21-18)17-11-10-14(2)15(3)12-17/h5-13H,4H2,1-3H3. The van der Waals surface area contributed by atoms with E-state index in [1.807, 2.05) is 36.4 Å². The third-order valence-electron chi connectivity index (χ3n) is 4.00. The van der Waals surface area contributed by atoms with Gasteiger partial charge in [0.1, 0.15) is 0 Å². The van der Waals surface area contributed by atoms with Crippen LogP contribution in [-0.4, -0.2) is 22.4 Å². The van der Waals surface area contributed by atoms with Gasteiger partial charge in [-0.25, -0.2) is 9.48 Å². The van der Waals surface area contributed by atoms with Crippen LogP contribution in [0, 0.1) is 13.8 Å². The Morgan fingerprint density at radius 1 is 1.04 bits per heavy atom. The summed E-state index contributed by atoms with van der Waals surface area (Å²) in [7, 11) is 0. The van der Waals surface area contributed by atoms with Crippen LogP contribution in [0.1, 0.15) is 28.5 Å². The predicted molar refractivity (Wildman–Crippen MR) is 94.4 cm³/mol. The van der Waals surface area contributed by atoms with Gasteiger partial charge in [-0.1, -0.05) is 36.4 Å². The molecular weight excluding hydrogens is 300 g/mol. The molecule has 0 fully saturated rings. The van der Waals surface area contributed by atoms with Crippen molar-refractivity contribution in [1.82, 2.24) is 9.78 Å².